The van der Waals surface area contributed by atoms with Crippen LogP contribution < -0.4 is 5.56 Å². The number of aryl methyl sites for hydroxylation is 3. The summed E-state index contributed by atoms with van der Waals surface area (Å²) in [5.74, 6) is 1.37. The molecule has 1 atom stereocenters. The van der Waals surface area contributed by atoms with Gasteiger partial charge in [0.05, 0.1) is 10.6 Å². The molecule has 0 aliphatic carbocycles. The molecular formula is C19H19N5OS2. The summed E-state index contributed by atoms with van der Waals surface area (Å²) < 4.78 is 0. The SMILES string of the molecule is Cc1ccc(-c2nc(S[C@@H](C)c3nc4sc(C)c(C)c4c(=O)[nH]3)n[nH]2)cc1. The summed E-state index contributed by atoms with van der Waals surface area (Å²) in [7, 11) is 0. The molecule has 3 aromatic heterocycles. The minimum Gasteiger partial charge on any atom is -0.309 e. The number of rotatable bonds is 4. The van der Waals surface area contributed by atoms with Crippen LogP contribution in [0.3, 0.4) is 0 Å². The number of aromatic amines is 2. The van der Waals surface area contributed by atoms with E-state index in [4.69, 9.17) is 0 Å². The van der Waals surface area contributed by atoms with Gasteiger partial charge in [0, 0.05) is 10.4 Å². The van der Waals surface area contributed by atoms with Crippen LogP contribution in [0.1, 0.15) is 34.0 Å². The van der Waals surface area contributed by atoms with Gasteiger partial charge in [0.1, 0.15) is 10.7 Å². The standard InChI is InChI=1S/C19H19N5OS2/c1-9-5-7-13(8-6-9)16-22-19(24-23-16)27-12(4)15-20-17(25)14-10(2)11(3)26-18(14)21-15/h5-8,12H,1-4H3,(H,20,21,25)(H,22,23,24)/t12-/m0/s1. The first-order chi connectivity index (χ1) is 12.9. The van der Waals surface area contributed by atoms with Crippen molar-refractivity contribution in [3.8, 4) is 11.4 Å². The van der Waals surface area contributed by atoms with Gasteiger partial charge in [0.2, 0.25) is 5.16 Å². The number of hydrogen-bond acceptors (Lipinski definition) is 6. The second kappa shape index (κ2) is 6.94. The summed E-state index contributed by atoms with van der Waals surface area (Å²) in [5, 5.41) is 8.51. The van der Waals surface area contributed by atoms with Crippen LogP contribution in [-0.2, 0) is 0 Å². The quantitative estimate of drug-likeness (QED) is 0.493. The molecular weight excluding hydrogens is 378 g/mol. The van der Waals surface area contributed by atoms with Gasteiger partial charge in [-0.3, -0.25) is 9.89 Å². The Morgan fingerprint density at radius 1 is 1.11 bits per heavy atom. The Morgan fingerprint density at radius 3 is 2.59 bits per heavy atom. The molecule has 138 valence electrons. The first-order valence-electron chi connectivity index (χ1n) is 8.58. The zero-order chi connectivity index (χ0) is 19.1. The summed E-state index contributed by atoms with van der Waals surface area (Å²) in [5.41, 5.74) is 3.11. The number of thiophene rings is 1. The molecule has 2 N–H and O–H groups in total. The summed E-state index contributed by atoms with van der Waals surface area (Å²) >= 11 is 3.02. The predicted octanol–water partition coefficient (Wildman–Crippen LogP) is 4.55. The van der Waals surface area contributed by atoms with Gasteiger partial charge in [0.25, 0.3) is 5.56 Å². The monoisotopic (exact) mass is 397 g/mol. The van der Waals surface area contributed by atoms with E-state index >= 15 is 0 Å². The lowest BCUT2D eigenvalue weighted by Gasteiger charge is -2.07. The number of thioether (sulfide) groups is 1. The number of hydrogen-bond donors (Lipinski definition) is 2. The largest absolute Gasteiger partial charge is 0.309 e. The summed E-state index contributed by atoms with van der Waals surface area (Å²) in [4.78, 5) is 26.5. The molecule has 0 unspecified atom stereocenters. The van der Waals surface area contributed by atoms with E-state index in [0.717, 1.165) is 26.7 Å². The van der Waals surface area contributed by atoms with E-state index < -0.39 is 0 Å². The lowest BCUT2D eigenvalue weighted by molar-refractivity contribution is 0.906. The van der Waals surface area contributed by atoms with Crippen molar-refractivity contribution in [1.82, 2.24) is 25.1 Å². The molecule has 0 saturated carbocycles. The van der Waals surface area contributed by atoms with Crippen molar-refractivity contribution >= 4 is 33.3 Å². The number of nitrogens with one attached hydrogen (secondary N) is 2. The second-order valence-electron chi connectivity index (χ2n) is 6.51. The van der Waals surface area contributed by atoms with Crippen LogP contribution in [0.5, 0.6) is 0 Å². The van der Waals surface area contributed by atoms with Crippen LogP contribution in [0, 0.1) is 20.8 Å². The molecule has 0 saturated heterocycles. The van der Waals surface area contributed by atoms with Gasteiger partial charge in [-0.25, -0.2) is 9.97 Å². The molecule has 0 aliphatic heterocycles. The average Bonchev–Trinajstić information content (AvgIpc) is 3.20. The number of nitrogens with zero attached hydrogens (tertiary/aromatic N) is 3. The Bertz CT molecular complexity index is 1170. The molecule has 3 heterocycles. The van der Waals surface area contributed by atoms with Crippen LogP contribution in [0.2, 0.25) is 0 Å². The molecule has 0 aliphatic rings. The molecule has 0 radical (unpaired) electrons. The van der Waals surface area contributed by atoms with Gasteiger partial charge >= 0.3 is 0 Å². The van der Waals surface area contributed by atoms with Crippen LogP contribution in [-0.4, -0.2) is 25.1 Å². The summed E-state index contributed by atoms with van der Waals surface area (Å²) in [6, 6.07) is 8.12. The molecule has 27 heavy (non-hydrogen) atoms. The smallest absolute Gasteiger partial charge is 0.259 e. The molecule has 0 fully saturated rings. The van der Waals surface area contributed by atoms with Gasteiger partial charge in [-0.1, -0.05) is 41.6 Å². The highest BCUT2D eigenvalue weighted by Gasteiger charge is 2.18. The van der Waals surface area contributed by atoms with E-state index in [1.807, 2.05) is 52.0 Å². The van der Waals surface area contributed by atoms with Crippen LogP contribution in [0.25, 0.3) is 21.6 Å². The summed E-state index contributed by atoms with van der Waals surface area (Å²) in [6.07, 6.45) is 0. The van der Waals surface area contributed by atoms with E-state index in [1.165, 1.54) is 17.3 Å². The molecule has 0 amide bonds. The Hall–Kier alpha value is -2.45. The molecule has 6 nitrogen and oxygen atoms in total. The molecule has 8 heteroatoms. The van der Waals surface area contributed by atoms with Crippen molar-refractivity contribution in [2.24, 2.45) is 0 Å². The van der Waals surface area contributed by atoms with Gasteiger partial charge in [-0.15, -0.1) is 16.4 Å². The molecule has 1 aromatic carbocycles. The highest BCUT2D eigenvalue weighted by molar-refractivity contribution is 7.99. The fraction of sp³-hybridized carbons (Fsp3) is 0.263. The predicted molar refractivity (Wildman–Crippen MR) is 111 cm³/mol. The second-order valence-corrected chi connectivity index (χ2v) is 9.02. The molecule has 0 spiro atoms. The number of fused-ring (bicyclic) bond motifs is 1. The normalized spacial score (nSPS) is 12.6. The lowest BCUT2D eigenvalue weighted by Crippen LogP contribution is -2.12. The van der Waals surface area contributed by atoms with Gasteiger partial charge in [-0.2, -0.15) is 0 Å². The average molecular weight is 398 g/mol. The maximum atomic E-state index is 12.5. The third-order valence-electron chi connectivity index (χ3n) is 4.51. The van der Waals surface area contributed by atoms with Crippen molar-refractivity contribution < 1.29 is 0 Å². The Morgan fingerprint density at radius 2 is 1.85 bits per heavy atom. The van der Waals surface area contributed by atoms with Crippen molar-refractivity contribution in [1.29, 1.82) is 0 Å². The minimum atomic E-state index is -0.0837. The molecule has 4 aromatic rings. The third-order valence-corrected chi connectivity index (χ3v) is 6.59. The maximum absolute atomic E-state index is 12.5. The van der Waals surface area contributed by atoms with Crippen LogP contribution in [0.15, 0.2) is 34.2 Å². The van der Waals surface area contributed by atoms with Crippen molar-refractivity contribution in [3.05, 3.63) is 56.4 Å². The fourth-order valence-corrected chi connectivity index (χ4v) is 4.64. The van der Waals surface area contributed by atoms with E-state index in [-0.39, 0.29) is 10.8 Å². The van der Waals surface area contributed by atoms with E-state index in [0.29, 0.717) is 16.4 Å². The topological polar surface area (TPSA) is 87.3 Å². The minimum absolute atomic E-state index is 0.0773. The first-order valence-corrected chi connectivity index (χ1v) is 10.3. The lowest BCUT2D eigenvalue weighted by atomic mass is 10.1. The van der Waals surface area contributed by atoms with E-state index in [1.54, 1.807) is 11.3 Å². The van der Waals surface area contributed by atoms with Gasteiger partial charge < -0.3 is 4.98 Å². The fourth-order valence-electron chi connectivity index (χ4n) is 2.82. The molecule has 4 rings (SSSR count). The zero-order valence-electron chi connectivity index (χ0n) is 15.5. The molecule has 0 bridgehead atoms. The first kappa shape index (κ1) is 17.9. The van der Waals surface area contributed by atoms with E-state index in [2.05, 4.69) is 25.1 Å². The van der Waals surface area contributed by atoms with Gasteiger partial charge in [0.15, 0.2) is 5.82 Å². The van der Waals surface area contributed by atoms with Crippen LogP contribution >= 0.6 is 23.1 Å². The van der Waals surface area contributed by atoms with Gasteiger partial charge in [-0.05, 0) is 33.3 Å². The number of benzene rings is 1. The number of aromatic nitrogens is 5. The van der Waals surface area contributed by atoms with Crippen molar-refractivity contribution in [2.75, 3.05) is 0 Å². The zero-order valence-corrected chi connectivity index (χ0v) is 17.1. The highest BCUT2D eigenvalue weighted by Crippen LogP contribution is 2.33. The Labute approximate surface area is 164 Å². The summed E-state index contributed by atoms with van der Waals surface area (Å²) in [6.45, 7) is 8.01. The van der Waals surface area contributed by atoms with E-state index in [9.17, 15) is 4.79 Å². The van der Waals surface area contributed by atoms with Crippen LogP contribution in [0.4, 0.5) is 0 Å². The van der Waals surface area contributed by atoms with Crippen molar-refractivity contribution in [3.63, 3.8) is 0 Å². The maximum Gasteiger partial charge on any atom is 0.259 e. The third kappa shape index (κ3) is 3.42. The Balaban J connectivity index is 1.59. The van der Waals surface area contributed by atoms with Crippen molar-refractivity contribution in [2.45, 2.75) is 38.1 Å². The highest BCUT2D eigenvalue weighted by atomic mass is 32.2. The number of H-pyrrole nitrogens is 2. The Kier molecular flexibility index (Phi) is 4.61.